The third kappa shape index (κ3) is 3.16. The molecule has 1 aromatic rings. The number of nitrogens with two attached hydrogens (primary N) is 1. The topological polar surface area (TPSA) is 77.2 Å². The van der Waals surface area contributed by atoms with E-state index in [4.69, 9.17) is 22.7 Å². The van der Waals surface area contributed by atoms with Crippen LogP contribution >= 0.6 is 12.2 Å². The summed E-state index contributed by atoms with van der Waals surface area (Å²) in [6.45, 7) is 6.02. The summed E-state index contributed by atoms with van der Waals surface area (Å²) in [6.07, 6.45) is 1.47. The van der Waals surface area contributed by atoms with Crippen LogP contribution in [0.4, 0.5) is 5.95 Å². The first-order valence-electron chi connectivity index (χ1n) is 6.54. The van der Waals surface area contributed by atoms with E-state index in [0.29, 0.717) is 24.1 Å². The second kappa shape index (κ2) is 6.21. The van der Waals surface area contributed by atoms with Crippen molar-refractivity contribution in [1.29, 1.82) is 0 Å². The number of thiocarbonyl (C=S) groups is 1. The number of morpholine rings is 1. The quantitative estimate of drug-likeness (QED) is 0.805. The third-order valence-corrected chi connectivity index (χ3v) is 3.43. The molecule has 1 aliphatic rings. The standard InChI is InChI=1S/C12H19N5OS/c1-3-8-9(4-2)15-16-12(14-8)17-5-6-18-10(7-17)11(13)19/h10H,3-7H2,1-2H3,(H2,13,19). The Morgan fingerprint density at radius 2 is 2.11 bits per heavy atom. The van der Waals surface area contributed by atoms with Gasteiger partial charge in [0.05, 0.1) is 24.5 Å². The van der Waals surface area contributed by atoms with Gasteiger partial charge < -0.3 is 15.4 Å². The van der Waals surface area contributed by atoms with Gasteiger partial charge >= 0.3 is 0 Å². The van der Waals surface area contributed by atoms with Crippen molar-refractivity contribution in [3.8, 4) is 0 Å². The van der Waals surface area contributed by atoms with Crippen LogP contribution < -0.4 is 10.6 Å². The maximum atomic E-state index is 5.63. The molecule has 0 bridgehead atoms. The first kappa shape index (κ1) is 14.1. The summed E-state index contributed by atoms with van der Waals surface area (Å²) in [4.78, 5) is 6.99. The third-order valence-electron chi connectivity index (χ3n) is 3.16. The van der Waals surface area contributed by atoms with Gasteiger partial charge in [0.25, 0.3) is 0 Å². The molecule has 1 atom stereocenters. The summed E-state index contributed by atoms with van der Waals surface area (Å²) in [5.41, 5.74) is 7.60. The Morgan fingerprint density at radius 1 is 1.37 bits per heavy atom. The van der Waals surface area contributed by atoms with E-state index in [1.165, 1.54) is 0 Å². The van der Waals surface area contributed by atoms with Gasteiger partial charge in [-0.3, -0.25) is 0 Å². The van der Waals surface area contributed by atoms with E-state index < -0.39 is 0 Å². The number of nitrogens with zero attached hydrogens (tertiary/aromatic N) is 4. The lowest BCUT2D eigenvalue weighted by atomic mass is 10.2. The van der Waals surface area contributed by atoms with Gasteiger partial charge in [-0.2, -0.15) is 5.10 Å². The molecule has 104 valence electrons. The Kier molecular flexibility index (Phi) is 4.60. The molecule has 1 unspecified atom stereocenters. The molecule has 2 rings (SSSR count). The van der Waals surface area contributed by atoms with Gasteiger partial charge in [0.2, 0.25) is 5.95 Å². The molecule has 7 heteroatoms. The van der Waals surface area contributed by atoms with E-state index in [1.54, 1.807) is 0 Å². The highest BCUT2D eigenvalue weighted by atomic mass is 32.1. The highest BCUT2D eigenvalue weighted by molar-refractivity contribution is 7.80. The summed E-state index contributed by atoms with van der Waals surface area (Å²) in [5.74, 6) is 0.638. The summed E-state index contributed by atoms with van der Waals surface area (Å²) in [7, 11) is 0. The Morgan fingerprint density at radius 3 is 2.74 bits per heavy atom. The van der Waals surface area contributed by atoms with Crippen LogP contribution in [0.2, 0.25) is 0 Å². The number of aryl methyl sites for hydroxylation is 2. The van der Waals surface area contributed by atoms with Crippen LogP contribution in [0.3, 0.4) is 0 Å². The SMILES string of the molecule is CCc1nnc(N2CCOC(C(N)=S)C2)nc1CC. The molecule has 0 aliphatic carbocycles. The normalized spacial score (nSPS) is 19.5. The highest BCUT2D eigenvalue weighted by Crippen LogP contribution is 2.14. The van der Waals surface area contributed by atoms with Crippen molar-refractivity contribution >= 4 is 23.2 Å². The summed E-state index contributed by atoms with van der Waals surface area (Å²) >= 11 is 4.98. The molecule has 19 heavy (non-hydrogen) atoms. The van der Waals surface area contributed by atoms with Crippen molar-refractivity contribution in [2.24, 2.45) is 5.73 Å². The molecule has 1 aliphatic heterocycles. The number of ether oxygens (including phenoxy) is 1. The molecule has 2 heterocycles. The van der Waals surface area contributed by atoms with Gasteiger partial charge in [-0.15, -0.1) is 5.10 Å². The van der Waals surface area contributed by atoms with Crippen LogP contribution in [-0.2, 0) is 17.6 Å². The lowest BCUT2D eigenvalue weighted by Crippen LogP contribution is -2.48. The van der Waals surface area contributed by atoms with Crippen molar-refractivity contribution in [2.75, 3.05) is 24.6 Å². The van der Waals surface area contributed by atoms with Crippen molar-refractivity contribution in [2.45, 2.75) is 32.8 Å². The molecule has 1 aromatic heterocycles. The first-order chi connectivity index (χ1) is 9.15. The lowest BCUT2D eigenvalue weighted by molar-refractivity contribution is 0.0839. The second-order valence-electron chi connectivity index (χ2n) is 4.42. The Balaban J connectivity index is 2.19. The van der Waals surface area contributed by atoms with Crippen LogP contribution in [0.25, 0.3) is 0 Å². The van der Waals surface area contributed by atoms with Gasteiger partial charge in [0.1, 0.15) is 11.1 Å². The van der Waals surface area contributed by atoms with E-state index in [9.17, 15) is 0 Å². The summed E-state index contributed by atoms with van der Waals surface area (Å²) < 4.78 is 5.51. The zero-order valence-electron chi connectivity index (χ0n) is 11.3. The molecule has 6 nitrogen and oxygen atoms in total. The average molecular weight is 281 g/mol. The highest BCUT2D eigenvalue weighted by Gasteiger charge is 2.24. The van der Waals surface area contributed by atoms with E-state index in [1.807, 2.05) is 4.90 Å². The number of rotatable bonds is 4. The van der Waals surface area contributed by atoms with Gasteiger partial charge in [0, 0.05) is 6.54 Å². The van der Waals surface area contributed by atoms with E-state index in [-0.39, 0.29) is 6.10 Å². The molecule has 0 aromatic carbocycles. The van der Waals surface area contributed by atoms with Crippen molar-refractivity contribution in [3.05, 3.63) is 11.4 Å². The number of anilines is 1. The van der Waals surface area contributed by atoms with Gasteiger partial charge in [-0.25, -0.2) is 4.98 Å². The molecule has 0 saturated carbocycles. The van der Waals surface area contributed by atoms with Gasteiger partial charge in [0.15, 0.2) is 0 Å². The molecule has 0 radical (unpaired) electrons. The average Bonchev–Trinajstić information content (AvgIpc) is 2.46. The fourth-order valence-corrected chi connectivity index (χ4v) is 2.21. The van der Waals surface area contributed by atoms with Crippen LogP contribution in [0.15, 0.2) is 0 Å². The first-order valence-corrected chi connectivity index (χ1v) is 6.94. The van der Waals surface area contributed by atoms with Crippen LogP contribution in [0.1, 0.15) is 25.2 Å². The minimum absolute atomic E-state index is 0.233. The predicted octanol–water partition coefficient (Wildman–Crippen LogP) is 0.488. The summed E-state index contributed by atoms with van der Waals surface area (Å²) in [5, 5.41) is 8.45. The molecular formula is C12H19N5OS. The van der Waals surface area contributed by atoms with E-state index >= 15 is 0 Å². The zero-order chi connectivity index (χ0) is 13.8. The molecular weight excluding hydrogens is 262 g/mol. The number of hydrogen-bond acceptors (Lipinski definition) is 6. The fraction of sp³-hybridized carbons (Fsp3) is 0.667. The molecule has 1 fully saturated rings. The largest absolute Gasteiger partial charge is 0.391 e. The maximum absolute atomic E-state index is 5.63. The minimum atomic E-state index is -0.233. The van der Waals surface area contributed by atoms with E-state index in [2.05, 4.69) is 29.0 Å². The zero-order valence-corrected chi connectivity index (χ0v) is 12.1. The number of hydrogen-bond donors (Lipinski definition) is 1. The fourth-order valence-electron chi connectivity index (χ4n) is 2.07. The van der Waals surface area contributed by atoms with Crippen LogP contribution in [-0.4, -0.2) is 46.0 Å². The molecule has 2 N–H and O–H groups in total. The number of aromatic nitrogens is 3. The van der Waals surface area contributed by atoms with Gasteiger partial charge in [-0.05, 0) is 12.8 Å². The second-order valence-corrected chi connectivity index (χ2v) is 4.89. The van der Waals surface area contributed by atoms with E-state index in [0.717, 1.165) is 30.8 Å². The van der Waals surface area contributed by atoms with Crippen LogP contribution in [0.5, 0.6) is 0 Å². The summed E-state index contributed by atoms with van der Waals surface area (Å²) in [6, 6.07) is 0. The lowest BCUT2D eigenvalue weighted by Gasteiger charge is -2.32. The smallest absolute Gasteiger partial charge is 0.245 e. The molecule has 1 saturated heterocycles. The Bertz CT molecular complexity index is 467. The monoisotopic (exact) mass is 281 g/mol. The van der Waals surface area contributed by atoms with Crippen molar-refractivity contribution < 1.29 is 4.74 Å². The van der Waals surface area contributed by atoms with Gasteiger partial charge in [-0.1, -0.05) is 26.1 Å². The maximum Gasteiger partial charge on any atom is 0.245 e. The predicted molar refractivity (Wildman–Crippen MR) is 77.3 cm³/mol. The van der Waals surface area contributed by atoms with Crippen molar-refractivity contribution in [1.82, 2.24) is 15.2 Å². The van der Waals surface area contributed by atoms with Crippen molar-refractivity contribution in [3.63, 3.8) is 0 Å². The Labute approximate surface area is 118 Å². The Hall–Kier alpha value is -1.34. The minimum Gasteiger partial charge on any atom is -0.391 e. The van der Waals surface area contributed by atoms with Crippen LogP contribution in [0, 0.1) is 0 Å². The molecule has 0 amide bonds. The molecule has 0 spiro atoms.